The van der Waals surface area contributed by atoms with Crippen molar-refractivity contribution in [1.82, 2.24) is 4.98 Å². The SMILES string of the molecule is CC=C1C2C=C(C)CC1(N=CC=Cc1cccc(N(CC)CC)c1)c1ccc(=O)[nH]c1C2. The Morgan fingerprint density at radius 2 is 2.03 bits per heavy atom. The Balaban J connectivity index is 1.69. The van der Waals surface area contributed by atoms with Crippen molar-refractivity contribution in [2.45, 2.75) is 46.1 Å². The zero-order chi connectivity index (χ0) is 22.7. The number of aromatic nitrogens is 1. The molecular formula is C28H33N3O. The molecule has 0 radical (unpaired) electrons. The van der Waals surface area contributed by atoms with Crippen LogP contribution in [0, 0.1) is 5.92 Å². The molecule has 0 saturated carbocycles. The number of nitrogens with one attached hydrogen (secondary N) is 1. The Morgan fingerprint density at radius 3 is 2.78 bits per heavy atom. The first-order valence-electron chi connectivity index (χ1n) is 11.6. The zero-order valence-electron chi connectivity index (χ0n) is 19.6. The summed E-state index contributed by atoms with van der Waals surface area (Å²) in [6, 6.07) is 12.2. The van der Waals surface area contributed by atoms with E-state index in [0.29, 0.717) is 0 Å². The Hall–Kier alpha value is -3.14. The summed E-state index contributed by atoms with van der Waals surface area (Å²) in [4.78, 5) is 22.6. The molecule has 1 aromatic carbocycles. The van der Waals surface area contributed by atoms with Crippen LogP contribution in [0.25, 0.3) is 6.08 Å². The van der Waals surface area contributed by atoms with Gasteiger partial charge in [-0.3, -0.25) is 9.79 Å². The highest BCUT2D eigenvalue weighted by molar-refractivity contribution is 5.80. The lowest BCUT2D eigenvalue weighted by Crippen LogP contribution is -2.40. The van der Waals surface area contributed by atoms with Gasteiger partial charge in [0.05, 0.1) is 0 Å². The van der Waals surface area contributed by atoms with Crippen molar-refractivity contribution in [1.29, 1.82) is 0 Å². The highest BCUT2D eigenvalue weighted by atomic mass is 16.1. The van der Waals surface area contributed by atoms with Crippen LogP contribution in [-0.4, -0.2) is 24.3 Å². The number of hydrogen-bond donors (Lipinski definition) is 1. The van der Waals surface area contributed by atoms with Crippen LogP contribution in [0.4, 0.5) is 5.69 Å². The number of hydrogen-bond acceptors (Lipinski definition) is 3. The van der Waals surface area contributed by atoms with E-state index in [9.17, 15) is 4.79 Å². The summed E-state index contributed by atoms with van der Waals surface area (Å²) in [5, 5.41) is 0. The van der Waals surface area contributed by atoms with Crippen molar-refractivity contribution in [3.63, 3.8) is 0 Å². The van der Waals surface area contributed by atoms with Crippen LogP contribution in [0.2, 0.25) is 0 Å². The van der Waals surface area contributed by atoms with Crippen LogP contribution in [-0.2, 0) is 12.0 Å². The molecule has 2 aliphatic carbocycles. The second kappa shape index (κ2) is 9.15. The van der Waals surface area contributed by atoms with Gasteiger partial charge in [0.15, 0.2) is 0 Å². The van der Waals surface area contributed by atoms with Crippen LogP contribution in [0.1, 0.15) is 50.9 Å². The number of nitrogens with zero attached hydrogens (tertiary/aromatic N) is 2. The number of benzene rings is 1. The van der Waals surface area contributed by atoms with Gasteiger partial charge in [0.1, 0.15) is 5.54 Å². The predicted octanol–water partition coefficient (Wildman–Crippen LogP) is 5.67. The number of fused-ring (bicyclic) bond motifs is 4. The summed E-state index contributed by atoms with van der Waals surface area (Å²) in [5.74, 6) is 0.284. The molecule has 1 aromatic heterocycles. The maximum Gasteiger partial charge on any atom is 0.248 e. The number of aromatic amines is 1. The minimum atomic E-state index is -0.441. The van der Waals surface area contributed by atoms with Gasteiger partial charge in [-0.15, -0.1) is 0 Å². The van der Waals surface area contributed by atoms with E-state index < -0.39 is 5.54 Å². The lowest BCUT2D eigenvalue weighted by Gasteiger charge is -2.45. The number of rotatable bonds is 6. The monoisotopic (exact) mass is 427 g/mol. The fourth-order valence-corrected chi connectivity index (χ4v) is 5.39. The van der Waals surface area contributed by atoms with Gasteiger partial charge in [0.2, 0.25) is 5.56 Å². The molecule has 32 heavy (non-hydrogen) atoms. The van der Waals surface area contributed by atoms with Crippen molar-refractivity contribution in [2.75, 3.05) is 18.0 Å². The van der Waals surface area contributed by atoms with E-state index in [1.165, 1.54) is 16.8 Å². The molecule has 0 amide bonds. The molecule has 4 nitrogen and oxygen atoms in total. The molecule has 4 heteroatoms. The quantitative estimate of drug-likeness (QED) is 0.477. The fraction of sp³-hybridized carbons (Fsp3) is 0.357. The Kier molecular flexibility index (Phi) is 6.31. The van der Waals surface area contributed by atoms with E-state index in [0.717, 1.165) is 42.8 Å². The van der Waals surface area contributed by atoms with E-state index in [-0.39, 0.29) is 11.5 Å². The number of anilines is 1. The lowest BCUT2D eigenvalue weighted by molar-refractivity contribution is 0.413. The lowest BCUT2D eigenvalue weighted by atomic mass is 9.63. The third-order valence-corrected chi connectivity index (χ3v) is 6.75. The molecule has 1 heterocycles. The van der Waals surface area contributed by atoms with E-state index in [1.807, 2.05) is 18.4 Å². The summed E-state index contributed by atoms with van der Waals surface area (Å²) >= 11 is 0. The second-order valence-electron chi connectivity index (χ2n) is 8.72. The third kappa shape index (κ3) is 4.02. The standard InChI is InChI=1S/C28H33N3O/c1-5-24-22-16-20(4)19-28(24,25-13-14-27(32)30-26(25)18-22)29-15-9-11-21-10-8-12-23(17-21)31(6-2)7-3/h5,8-17,22H,6-7,18-19H2,1-4H3,(H,30,32). The van der Waals surface area contributed by atoms with E-state index in [2.05, 4.69) is 80.1 Å². The largest absolute Gasteiger partial charge is 0.372 e. The fourth-order valence-electron chi connectivity index (χ4n) is 5.39. The van der Waals surface area contributed by atoms with Crippen molar-refractivity contribution >= 4 is 18.0 Å². The molecule has 2 unspecified atom stereocenters. The molecule has 0 fully saturated rings. The minimum absolute atomic E-state index is 0.0430. The van der Waals surface area contributed by atoms with Crippen LogP contribution < -0.4 is 10.5 Å². The van der Waals surface area contributed by atoms with Crippen molar-refractivity contribution in [2.24, 2.45) is 10.9 Å². The average Bonchev–Trinajstić information content (AvgIpc) is 2.77. The van der Waals surface area contributed by atoms with Gasteiger partial charge in [0, 0.05) is 54.7 Å². The van der Waals surface area contributed by atoms with E-state index in [1.54, 1.807) is 6.07 Å². The summed E-state index contributed by atoms with van der Waals surface area (Å²) in [6.07, 6.45) is 12.3. The predicted molar refractivity (Wildman–Crippen MR) is 136 cm³/mol. The first-order chi connectivity index (χ1) is 15.5. The maximum absolute atomic E-state index is 12.0. The molecule has 0 spiro atoms. The number of pyridine rings is 1. The van der Waals surface area contributed by atoms with Crippen molar-refractivity contribution in [3.8, 4) is 0 Å². The molecule has 2 bridgehead atoms. The molecule has 0 aliphatic heterocycles. The molecule has 4 rings (SSSR count). The van der Waals surface area contributed by atoms with Gasteiger partial charge < -0.3 is 9.88 Å². The first-order valence-corrected chi connectivity index (χ1v) is 11.6. The van der Waals surface area contributed by atoms with Crippen LogP contribution in [0.15, 0.2) is 75.6 Å². The van der Waals surface area contributed by atoms with Crippen LogP contribution in [0.5, 0.6) is 0 Å². The summed E-state index contributed by atoms with van der Waals surface area (Å²) in [7, 11) is 0. The highest BCUT2D eigenvalue weighted by Gasteiger charge is 2.46. The molecule has 2 aliphatic rings. The molecule has 1 N–H and O–H groups in total. The van der Waals surface area contributed by atoms with Gasteiger partial charge >= 0.3 is 0 Å². The van der Waals surface area contributed by atoms with Gasteiger partial charge in [-0.05, 0) is 69.5 Å². The van der Waals surface area contributed by atoms with Gasteiger partial charge in [-0.25, -0.2) is 0 Å². The molecule has 2 atom stereocenters. The maximum atomic E-state index is 12.0. The first kappa shape index (κ1) is 22.1. The zero-order valence-corrected chi connectivity index (χ0v) is 19.6. The second-order valence-corrected chi connectivity index (χ2v) is 8.72. The third-order valence-electron chi connectivity index (χ3n) is 6.75. The van der Waals surface area contributed by atoms with E-state index in [4.69, 9.17) is 4.99 Å². The number of aliphatic imine (C=N–C) groups is 1. The Bertz CT molecular complexity index is 1160. The Labute approximate surface area is 191 Å². The van der Waals surface area contributed by atoms with Crippen molar-refractivity contribution in [3.05, 3.63) is 92.9 Å². The van der Waals surface area contributed by atoms with Crippen molar-refractivity contribution < 1.29 is 0 Å². The number of H-pyrrole nitrogens is 1. The van der Waals surface area contributed by atoms with E-state index >= 15 is 0 Å². The van der Waals surface area contributed by atoms with Crippen LogP contribution >= 0.6 is 0 Å². The molecule has 166 valence electrons. The average molecular weight is 428 g/mol. The number of allylic oxidation sites excluding steroid dienone is 3. The smallest absolute Gasteiger partial charge is 0.248 e. The molecule has 2 aromatic rings. The minimum Gasteiger partial charge on any atom is -0.372 e. The van der Waals surface area contributed by atoms with Gasteiger partial charge in [-0.1, -0.05) is 35.9 Å². The Morgan fingerprint density at radius 1 is 1.22 bits per heavy atom. The summed E-state index contributed by atoms with van der Waals surface area (Å²) in [6.45, 7) is 10.6. The normalized spacial score (nSPS) is 23.6. The van der Waals surface area contributed by atoms with Crippen LogP contribution in [0.3, 0.4) is 0 Å². The summed E-state index contributed by atoms with van der Waals surface area (Å²) < 4.78 is 0. The topological polar surface area (TPSA) is 48.5 Å². The highest BCUT2D eigenvalue weighted by Crippen LogP contribution is 2.51. The molecule has 0 saturated heterocycles. The summed E-state index contributed by atoms with van der Waals surface area (Å²) in [5.41, 5.74) is 6.75. The van der Waals surface area contributed by atoms with Gasteiger partial charge in [0.25, 0.3) is 0 Å². The molecular weight excluding hydrogens is 394 g/mol. The van der Waals surface area contributed by atoms with Gasteiger partial charge in [-0.2, -0.15) is 0 Å².